The molecule has 6 heteroatoms. The Balaban J connectivity index is 2.36. The summed E-state index contributed by atoms with van der Waals surface area (Å²) in [6.07, 6.45) is -0.604. The molecule has 82 valence electrons. The van der Waals surface area contributed by atoms with E-state index in [1.807, 2.05) is 5.38 Å². The third kappa shape index (κ3) is 1.89. The summed E-state index contributed by atoms with van der Waals surface area (Å²) in [5.41, 5.74) is 0.955. The topological polar surface area (TPSA) is 49.8 Å². The molecule has 1 aromatic heterocycles. The number of nitrogens with zero attached hydrogens (tertiary/aromatic N) is 1. The largest absolute Gasteiger partial charge is 0.465 e. The second kappa shape index (κ2) is 4.11. The van der Waals surface area contributed by atoms with Crippen LogP contribution in [-0.4, -0.2) is 29.8 Å². The van der Waals surface area contributed by atoms with E-state index in [0.717, 1.165) is 16.5 Å². The van der Waals surface area contributed by atoms with Gasteiger partial charge in [-0.2, -0.15) is 0 Å². The molecule has 2 rings (SSSR count). The number of ether oxygens (including phenoxy) is 1. The Labute approximate surface area is 99.6 Å². The van der Waals surface area contributed by atoms with Crippen LogP contribution in [0.1, 0.15) is 16.7 Å². The van der Waals surface area contributed by atoms with Gasteiger partial charge in [0.15, 0.2) is 6.23 Å². The lowest BCUT2D eigenvalue weighted by atomic mass is 10.1. The Morgan fingerprint density at radius 1 is 1.80 bits per heavy atom. The number of rotatable bonds is 1. The van der Waals surface area contributed by atoms with Crippen molar-refractivity contribution in [2.75, 3.05) is 13.7 Å². The number of hydrogen-bond acceptors (Lipinski definition) is 3. The van der Waals surface area contributed by atoms with Gasteiger partial charge < -0.3 is 9.84 Å². The second-order valence-electron chi connectivity index (χ2n) is 3.29. The number of carboxylic acid groups (broad SMARTS) is 1. The number of carbonyl (C=O) groups is 1. The van der Waals surface area contributed by atoms with Gasteiger partial charge in [-0.1, -0.05) is 0 Å². The summed E-state index contributed by atoms with van der Waals surface area (Å²) >= 11 is 5.06. The van der Waals surface area contributed by atoms with Crippen molar-refractivity contribution in [3.8, 4) is 0 Å². The van der Waals surface area contributed by atoms with Gasteiger partial charge in [0.25, 0.3) is 0 Å². The molecular formula is C9H10BrNO3S. The van der Waals surface area contributed by atoms with Gasteiger partial charge in [-0.25, -0.2) is 4.79 Å². The molecule has 0 bridgehead atoms. The second-order valence-corrected chi connectivity index (χ2v) is 5.11. The van der Waals surface area contributed by atoms with Crippen molar-refractivity contribution in [3.05, 3.63) is 20.3 Å². The highest BCUT2D eigenvalue weighted by Gasteiger charge is 2.30. The zero-order valence-electron chi connectivity index (χ0n) is 8.07. The molecule has 0 saturated carbocycles. The van der Waals surface area contributed by atoms with Gasteiger partial charge in [0.2, 0.25) is 0 Å². The molecule has 1 atom stereocenters. The highest BCUT2D eigenvalue weighted by atomic mass is 79.9. The van der Waals surface area contributed by atoms with E-state index in [2.05, 4.69) is 15.9 Å². The van der Waals surface area contributed by atoms with E-state index in [-0.39, 0.29) is 0 Å². The molecule has 1 N–H and O–H groups in total. The Hall–Kier alpha value is -0.590. The minimum Gasteiger partial charge on any atom is -0.465 e. The Bertz CT molecular complexity index is 393. The van der Waals surface area contributed by atoms with E-state index < -0.39 is 12.3 Å². The number of amides is 1. The summed E-state index contributed by atoms with van der Waals surface area (Å²) in [7, 11) is 1.52. The summed E-state index contributed by atoms with van der Waals surface area (Å²) in [6.45, 7) is 0.572. The number of thiophene rings is 1. The molecule has 1 amide bonds. The molecular weight excluding hydrogens is 282 g/mol. The van der Waals surface area contributed by atoms with E-state index in [9.17, 15) is 4.79 Å². The fourth-order valence-corrected chi connectivity index (χ4v) is 3.34. The first kappa shape index (κ1) is 10.9. The molecule has 1 aromatic rings. The lowest BCUT2D eigenvalue weighted by Gasteiger charge is -2.29. The van der Waals surface area contributed by atoms with Crippen LogP contribution in [0.15, 0.2) is 9.85 Å². The first-order valence-corrected chi connectivity index (χ1v) is 6.11. The molecule has 1 unspecified atom stereocenters. The number of hydrogen-bond donors (Lipinski definition) is 1. The minimum absolute atomic E-state index is 0.480. The van der Waals surface area contributed by atoms with Gasteiger partial charge in [0.1, 0.15) is 0 Å². The molecule has 0 spiro atoms. The van der Waals surface area contributed by atoms with E-state index in [0.29, 0.717) is 6.61 Å². The molecule has 15 heavy (non-hydrogen) atoms. The minimum atomic E-state index is -0.981. The molecule has 0 saturated heterocycles. The molecule has 1 aliphatic rings. The lowest BCUT2D eigenvalue weighted by Crippen LogP contribution is -2.34. The van der Waals surface area contributed by atoms with Crippen LogP contribution < -0.4 is 0 Å². The lowest BCUT2D eigenvalue weighted by molar-refractivity contribution is -0.0469. The van der Waals surface area contributed by atoms with E-state index in [4.69, 9.17) is 9.84 Å². The maximum absolute atomic E-state index is 10.9. The Morgan fingerprint density at radius 2 is 2.53 bits per heavy atom. The maximum Gasteiger partial charge on any atom is 0.409 e. The molecule has 0 fully saturated rings. The highest BCUT2D eigenvalue weighted by Crippen LogP contribution is 2.38. The average Bonchev–Trinajstić information content (AvgIpc) is 2.59. The fourth-order valence-electron chi connectivity index (χ4n) is 1.58. The molecule has 2 heterocycles. The fraction of sp³-hybridized carbons (Fsp3) is 0.444. The van der Waals surface area contributed by atoms with Crippen LogP contribution in [0.25, 0.3) is 0 Å². The van der Waals surface area contributed by atoms with Crippen molar-refractivity contribution in [2.45, 2.75) is 12.6 Å². The predicted molar refractivity (Wildman–Crippen MR) is 60.2 cm³/mol. The van der Waals surface area contributed by atoms with Gasteiger partial charge in [-0.05, 0) is 15.9 Å². The van der Waals surface area contributed by atoms with Gasteiger partial charge in [-0.3, -0.25) is 4.90 Å². The van der Waals surface area contributed by atoms with Gasteiger partial charge >= 0.3 is 6.09 Å². The third-order valence-corrected chi connectivity index (χ3v) is 4.39. The van der Waals surface area contributed by atoms with Gasteiger partial charge in [0.05, 0.1) is 6.61 Å². The van der Waals surface area contributed by atoms with Crippen molar-refractivity contribution in [2.24, 2.45) is 0 Å². The van der Waals surface area contributed by atoms with Gasteiger partial charge in [0, 0.05) is 33.8 Å². The van der Waals surface area contributed by atoms with E-state index >= 15 is 0 Å². The third-order valence-electron chi connectivity index (χ3n) is 2.37. The highest BCUT2D eigenvalue weighted by molar-refractivity contribution is 9.10. The SMILES string of the molecule is CN(C(=O)O)C1OCCc2scc(Br)c21. The van der Waals surface area contributed by atoms with Crippen molar-refractivity contribution < 1.29 is 14.6 Å². The normalized spacial score (nSPS) is 19.7. The molecule has 1 aliphatic heterocycles. The maximum atomic E-state index is 10.9. The first-order chi connectivity index (χ1) is 7.11. The predicted octanol–water partition coefficient (Wildman–Crippen LogP) is 2.69. The van der Waals surface area contributed by atoms with Crippen LogP contribution in [0.5, 0.6) is 0 Å². The van der Waals surface area contributed by atoms with Crippen molar-refractivity contribution in [3.63, 3.8) is 0 Å². The number of fused-ring (bicyclic) bond motifs is 1. The van der Waals surface area contributed by atoms with Crippen molar-refractivity contribution in [1.29, 1.82) is 0 Å². The summed E-state index contributed by atoms with van der Waals surface area (Å²) in [4.78, 5) is 13.3. The summed E-state index contributed by atoms with van der Waals surface area (Å²) in [6, 6.07) is 0. The monoisotopic (exact) mass is 291 g/mol. The smallest absolute Gasteiger partial charge is 0.409 e. The standard InChI is InChI=1S/C9H10BrNO3S/c1-11(9(12)13)8-7-5(10)4-15-6(7)2-3-14-8/h4,8H,2-3H2,1H3,(H,12,13). The van der Waals surface area contributed by atoms with Crippen LogP contribution >= 0.6 is 27.3 Å². The molecule has 0 aromatic carbocycles. The van der Waals surface area contributed by atoms with Crippen LogP contribution in [-0.2, 0) is 11.2 Å². The van der Waals surface area contributed by atoms with E-state index in [1.165, 1.54) is 16.8 Å². The Kier molecular flexibility index (Phi) is 2.99. The van der Waals surface area contributed by atoms with Crippen LogP contribution in [0.3, 0.4) is 0 Å². The molecule has 4 nitrogen and oxygen atoms in total. The zero-order valence-corrected chi connectivity index (χ0v) is 10.5. The van der Waals surface area contributed by atoms with Crippen LogP contribution in [0.2, 0.25) is 0 Å². The summed E-state index contributed by atoms with van der Waals surface area (Å²) < 4.78 is 6.42. The average molecular weight is 292 g/mol. The van der Waals surface area contributed by atoms with Crippen molar-refractivity contribution >= 4 is 33.4 Å². The summed E-state index contributed by atoms with van der Waals surface area (Å²) in [5, 5.41) is 10.9. The quantitative estimate of drug-likeness (QED) is 0.865. The summed E-state index contributed by atoms with van der Waals surface area (Å²) in [5.74, 6) is 0. The van der Waals surface area contributed by atoms with E-state index in [1.54, 1.807) is 11.3 Å². The Morgan fingerprint density at radius 3 is 3.20 bits per heavy atom. The van der Waals surface area contributed by atoms with Gasteiger partial charge in [-0.15, -0.1) is 11.3 Å². The molecule has 0 radical (unpaired) electrons. The first-order valence-electron chi connectivity index (χ1n) is 4.44. The zero-order chi connectivity index (χ0) is 11.0. The van der Waals surface area contributed by atoms with Crippen LogP contribution in [0.4, 0.5) is 4.79 Å². The number of halogens is 1. The molecule has 0 aliphatic carbocycles. The van der Waals surface area contributed by atoms with Crippen molar-refractivity contribution in [1.82, 2.24) is 4.90 Å². The van der Waals surface area contributed by atoms with Crippen LogP contribution in [0, 0.1) is 0 Å².